The van der Waals surface area contributed by atoms with E-state index in [1.54, 1.807) is 55.5 Å². The van der Waals surface area contributed by atoms with Crippen molar-refractivity contribution >= 4 is 38.3 Å². The van der Waals surface area contributed by atoms with Crippen LogP contribution < -0.4 is 4.72 Å². The molecule has 0 heterocycles. The van der Waals surface area contributed by atoms with Crippen molar-refractivity contribution in [2.75, 3.05) is 4.72 Å². The van der Waals surface area contributed by atoms with Gasteiger partial charge in [0.15, 0.2) is 0 Å². The zero-order valence-corrected chi connectivity index (χ0v) is 13.7. The number of rotatable bonds is 4. The van der Waals surface area contributed by atoms with E-state index in [1.807, 2.05) is 0 Å². The average Bonchev–Trinajstić information content (AvgIpc) is 2.39. The molecule has 0 aromatic heterocycles. The maximum absolute atomic E-state index is 12.3. The number of aliphatic hydroxyl groups excluding tert-OH is 1. The molecule has 1 atom stereocenters. The van der Waals surface area contributed by atoms with Gasteiger partial charge in [0.2, 0.25) is 0 Å². The maximum atomic E-state index is 12.3. The summed E-state index contributed by atoms with van der Waals surface area (Å²) in [6, 6.07) is 13.4. The molecule has 0 saturated carbocycles. The Balaban J connectivity index is 2.36. The van der Waals surface area contributed by atoms with Crippen molar-refractivity contribution in [3.8, 4) is 0 Å². The van der Waals surface area contributed by atoms with Gasteiger partial charge in [0.1, 0.15) is 0 Å². The van der Waals surface area contributed by atoms with Crippen LogP contribution in [0.1, 0.15) is 18.6 Å². The van der Waals surface area contributed by atoms with Crippen molar-refractivity contribution in [2.45, 2.75) is 17.9 Å². The van der Waals surface area contributed by atoms with Crippen LogP contribution >= 0.6 is 22.6 Å². The Hall–Kier alpha value is -1.12. The van der Waals surface area contributed by atoms with Gasteiger partial charge >= 0.3 is 0 Å². The molecule has 0 saturated heterocycles. The van der Waals surface area contributed by atoms with Gasteiger partial charge in [-0.1, -0.05) is 18.2 Å². The molecule has 1 unspecified atom stereocenters. The van der Waals surface area contributed by atoms with Crippen LogP contribution in [0, 0.1) is 3.57 Å². The smallest absolute Gasteiger partial charge is 0.261 e. The van der Waals surface area contributed by atoms with E-state index in [1.165, 1.54) is 0 Å². The second-order valence-electron chi connectivity index (χ2n) is 4.32. The molecule has 0 bridgehead atoms. The number of hydrogen-bond donors (Lipinski definition) is 2. The third-order valence-corrected chi connectivity index (χ3v) is 4.88. The van der Waals surface area contributed by atoms with Crippen molar-refractivity contribution in [3.63, 3.8) is 0 Å². The Morgan fingerprint density at radius 2 is 1.70 bits per heavy atom. The summed E-state index contributed by atoms with van der Waals surface area (Å²) in [5.41, 5.74) is 0.933. The van der Waals surface area contributed by atoms with Gasteiger partial charge in [-0.3, -0.25) is 4.72 Å². The SMILES string of the molecule is CC(O)c1ccccc1NS(=O)(=O)c1ccc(I)cc1. The highest BCUT2D eigenvalue weighted by atomic mass is 127. The fourth-order valence-electron chi connectivity index (χ4n) is 1.77. The molecule has 0 fully saturated rings. The molecular weight excluding hydrogens is 389 g/mol. The first-order valence-electron chi connectivity index (χ1n) is 5.95. The normalized spacial score (nSPS) is 12.9. The number of aliphatic hydroxyl groups is 1. The van der Waals surface area contributed by atoms with Gasteiger partial charge in [-0.2, -0.15) is 0 Å². The number of sulfonamides is 1. The zero-order valence-electron chi connectivity index (χ0n) is 10.7. The second-order valence-corrected chi connectivity index (χ2v) is 7.25. The highest BCUT2D eigenvalue weighted by Crippen LogP contribution is 2.25. The number of hydrogen-bond acceptors (Lipinski definition) is 3. The first-order chi connectivity index (χ1) is 9.40. The number of nitrogens with one attached hydrogen (secondary N) is 1. The summed E-state index contributed by atoms with van der Waals surface area (Å²) in [5.74, 6) is 0. The monoisotopic (exact) mass is 403 g/mol. The van der Waals surface area contributed by atoms with Gasteiger partial charge in [0, 0.05) is 9.13 Å². The number of benzene rings is 2. The summed E-state index contributed by atoms with van der Waals surface area (Å²) in [6.45, 7) is 1.60. The highest BCUT2D eigenvalue weighted by molar-refractivity contribution is 14.1. The van der Waals surface area contributed by atoms with Crippen molar-refractivity contribution in [2.24, 2.45) is 0 Å². The fourth-order valence-corrected chi connectivity index (χ4v) is 3.22. The summed E-state index contributed by atoms with van der Waals surface area (Å²) in [6.07, 6.45) is -0.745. The minimum Gasteiger partial charge on any atom is -0.389 e. The van der Waals surface area contributed by atoms with Crippen molar-refractivity contribution in [1.29, 1.82) is 0 Å². The fraction of sp³-hybridized carbons (Fsp3) is 0.143. The molecule has 4 nitrogen and oxygen atoms in total. The summed E-state index contributed by atoms with van der Waals surface area (Å²) < 4.78 is 28.1. The minimum absolute atomic E-state index is 0.193. The lowest BCUT2D eigenvalue weighted by Gasteiger charge is -2.14. The molecule has 0 aliphatic heterocycles. The van der Waals surface area contributed by atoms with Gasteiger partial charge in [-0.25, -0.2) is 8.42 Å². The molecular formula is C14H14INO3S. The molecule has 2 N–H and O–H groups in total. The predicted molar refractivity (Wildman–Crippen MR) is 87.0 cm³/mol. The lowest BCUT2D eigenvalue weighted by molar-refractivity contribution is 0.200. The van der Waals surface area contributed by atoms with E-state index in [9.17, 15) is 13.5 Å². The Morgan fingerprint density at radius 1 is 1.10 bits per heavy atom. The van der Waals surface area contributed by atoms with Crippen molar-refractivity contribution in [3.05, 3.63) is 57.7 Å². The van der Waals surface area contributed by atoms with E-state index in [0.29, 0.717) is 11.3 Å². The Morgan fingerprint density at radius 3 is 2.30 bits per heavy atom. The Labute approximate surface area is 132 Å². The zero-order chi connectivity index (χ0) is 14.8. The van der Waals surface area contributed by atoms with Gasteiger partial charge in [-0.15, -0.1) is 0 Å². The number of para-hydroxylation sites is 1. The van der Waals surface area contributed by atoms with Crippen LogP contribution in [0.25, 0.3) is 0 Å². The topological polar surface area (TPSA) is 66.4 Å². The lowest BCUT2D eigenvalue weighted by Crippen LogP contribution is -2.14. The summed E-state index contributed by atoms with van der Waals surface area (Å²) in [7, 11) is -3.65. The Kier molecular flexibility index (Phi) is 4.66. The average molecular weight is 403 g/mol. The van der Waals surface area contributed by atoms with Crippen LogP contribution in [0.5, 0.6) is 0 Å². The van der Waals surface area contributed by atoms with Crippen LogP contribution in [-0.4, -0.2) is 13.5 Å². The van der Waals surface area contributed by atoms with E-state index in [4.69, 9.17) is 0 Å². The first-order valence-corrected chi connectivity index (χ1v) is 8.52. The third kappa shape index (κ3) is 3.50. The number of halogens is 1. The summed E-state index contributed by atoms with van der Waals surface area (Å²) >= 11 is 2.11. The largest absolute Gasteiger partial charge is 0.389 e. The van der Waals surface area contributed by atoms with Gasteiger partial charge in [0.05, 0.1) is 16.7 Å². The molecule has 20 heavy (non-hydrogen) atoms. The highest BCUT2D eigenvalue weighted by Gasteiger charge is 2.17. The number of anilines is 1. The maximum Gasteiger partial charge on any atom is 0.261 e. The predicted octanol–water partition coefficient (Wildman–Crippen LogP) is 3.15. The summed E-state index contributed by atoms with van der Waals surface area (Å²) in [4.78, 5) is 0.193. The van der Waals surface area contributed by atoms with E-state index >= 15 is 0 Å². The van der Waals surface area contributed by atoms with Crippen LogP contribution in [0.2, 0.25) is 0 Å². The van der Waals surface area contributed by atoms with Crippen molar-refractivity contribution in [1.82, 2.24) is 0 Å². The van der Waals surface area contributed by atoms with E-state index in [2.05, 4.69) is 27.3 Å². The minimum atomic E-state index is -3.65. The standard InChI is InChI=1S/C14H14INO3S/c1-10(17)13-4-2-3-5-14(13)16-20(18,19)12-8-6-11(15)7-9-12/h2-10,16-17H,1H3. The molecule has 0 radical (unpaired) electrons. The van der Waals surface area contributed by atoms with Crippen molar-refractivity contribution < 1.29 is 13.5 Å². The molecule has 0 aliphatic carbocycles. The molecule has 0 amide bonds. The molecule has 6 heteroatoms. The van der Waals surface area contributed by atoms with E-state index < -0.39 is 16.1 Å². The van der Waals surface area contributed by atoms with E-state index in [0.717, 1.165) is 3.57 Å². The lowest BCUT2D eigenvalue weighted by atomic mass is 10.1. The van der Waals surface area contributed by atoms with E-state index in [-0.39, 0.29) is 4.90 Å². The van der Waals surface area contributed by atoms with Crippen LogP contribution in [0.15, 0.2) is 53.4 Å². The van der Waals surface area contributed by atoms with Crippen LogP contribution in [0.3, 0.4) is 0 Å². The van der Waals surface area contributed by atoms with Gasteiger partial charge < -0.3 is 5.11 Å². The molecule has 106 valence electrons. The van der Waals surface area contributed by atoms with Crippen LogP contribution in [0.4, 0.5) is 5.69 Å². The molecule has 0 aliphatic rings. The third-order valence-electron chi connectivity index (χ3n) is 2.78. The second kappa shape index (κ2) is 6.11. The van der Waals surface area contributed by atoms with Gasteiger partial charge in [0.25, 0.3) is 10.0 Å². The quantitative estimate of drug-likeness (QED) is 0.771. The summed E-state index contributed by atoms with van der Waals surface area (Å²) in [5, 5.41) is 9.67. The van der Waals surface area contributed by atoms with Crippen LogP contribution in [-0.2, 0) is 10.0 Å². The molecule has 2 aromatic rings. The molecule has 2 aromatic carbocycles. The molecule has 0 spiro atoms. The van der Waals surface area contributed by atoms with Gasteiger partial charge in [-0.05, 0) is 59.8 Å². The first kappa shape index (κ1) is 15.3. The molecule has 2 rings (SSSR count). The Bertz CT molecular complexity index is 697.